The summed E-state index contributed by atoms with van der Waals surface area (Å²) in [6.07, 6.45) is 5.25. The van der Waals surface area contributed by atoms with E-state index in [1.807, 2.05) is 24.3 Å². The Kier molecular flexibility index (Phi) is 9.91. The van der Waals surface area contributed by atoms with Gasteiger partial charge in [-0.15, -0.1) is 0 Å². The molecule has 1 aliphatic rings. The molecule has 2 aromatic heterocycles. The number of carbonyl (C=O) groups excluding carboxylic acids is 1. The topological polar surface area (TPSA) is 120 Å². The van der Waals surface area contributed by atoms with E-state index in [1.54, 1.807) is 43.5 Å². The van der Waals surface area contributed by atoms with E-state index in [9.17, 15) is 14.0 Å². The summed E-state index contributed by atoms with van der Waals surface area (Å²) in [4.78, 5) is 37.8. The lowest BCUT2D eigenvalue weighted by Crippen LogP contribution is -2.35. The molecule has 1 aliphatic heterocycles. The lowest BCUT2D eigenvalue weighted by Gasteiger charge is -2.29. The molecule has 0 saturated carbocycles. The second-order valence-corrected chi connectivity index (χ2v) is 11.2. The van der Waals surface area contributed by atoms with Crippen molar-refractivity contribution < 1.29 is 23.4 Å². The van der Waals surface area contributed by atoms with Crippen LogP contribution in [0.25, 0.3) is 5.69 Å². The van der Waals surface area contributed by atoms with Gasteiger partial charge in [0.1, 0.15) is 34.7 Å². The molecular weight excluding hydrogens is 615 g/mol. The number of benzene rings is 3. The Morgan fingerprint density at radius 3 is 2.48 bits per heavy atom. The van der Waals surface area contributed by atoms with Crippen molar-refractivity contribution in [1.29, 1.82) is 0 Å². The summed E-state index contributed by atoms with van der Waals surface area (Å²) >= 11 is 0. The Hall–Kier alpha value is -5.75. The minimum absolute atomic E-state index is 0.142. The Balaban J connectivity index is 1.10. The summed E-state index contributed by atoms with van der Waals surface area (Å²) in [6.45, 7) is 4.05. The minimum Gasteiger partial charge on any atom is -0.493 e. The van der Waals surface area contributed by atoms with Gasteiger partial charge in [0.2, 0.25) is 11.8 Å². The Morgan fingerprint density at radius 1 is 0.958 bits per heavy atom. The monoisotopic (exact) mass is 650 g/mol. The molecule has 48 heavy (non-hydrogen) atoms. The zero-order chi connectivity index (χ0) is 33.5. The number of likely N-dealkylation sites (tertiary alicyclic amines) is 1. The molecule has 6 rings (SSSR count). The number of nitrogens with zero attached hydrogens (tertiary/aromatic N) is 4. The van der Waals surface area contributed by atoms with Crippen LogP contribution >= 0.6 is 0 Å². The van der Waals surface area contributed by atoms with Gasteiger partial charge in [0.25, 0.3) is 11.5 Å². The smallest absolute Gasteiger partial charge is 0.271 e. The van der Waals surface area contributed by atoms with Crippen molar-refractivity contribution in [3.05, 3.63) is 119 Å². The van der Waals surface area contributed by atoms with Crippen molar-refractivity contribution in [1.82, 2.24) is 19.4 Å². The Bertz CT molecular complexity index is 1930. The van der Waals surface area contributed by atoms with Crippen molar-refractivity contribution in [2.75, 3.05) is 37.4 Å². The predicted molar refractivity (Wildman–Crippen MR) is 181 cm³/mol. The summed E-state index contributed by atoms with van der Waals surface area (Å²) in [7, 11) is 2.12. The number of ether oxygens (including phenoxy) is 3. The molecule has 246 valence electrons. The third kappa shape index (κ3) is 7.96. The number of nitrogens with one attached hydrogen (secondary N) is 2. The number of rotatable bonds is 11. The van der Waals surface area contributed by atoms with Crippen LogP contribution in [0.4, 0.5) is 21.7 Å². The Morgan fingerprint density at radius 2 is 1.73 bits per heavy atom. The van der Waals surface area contributed by atoms with Crippen molar-refractivity contribution >= 4 is 23.2 Å². The summed E-state index contributed by atoms with van der Waals surface area (Å²) in [6, 6.07) is 22.9. The number of halogens is 1. The highest BCUT2D eigenvalue weighted by molar-refractivity contribution is 6.06. The number of pyridine rings is 1. The molecule has 11 nitrogen and oxygen atoms in total. The maximum Gasteiger partial charge on any atom is 0.271 e. The number of hydrogen-bond donors (Lipinski definition) is 2. The van der Waals surface area contributed by atoms with E-state index in [0.29, 0.717) is 29.0 Å². The molecular formula is C36H35FN6O5. The maximum absolute atomic E-state index is 13.5. The van der Waals surface area contributed by atoms with Gasteiger partial charge < -0.3 is 29.7 Å². The maximum atomic E-state index is 13.5. The molecule has 0 aliphatic carbocycles. The number of carbonyl (C=O) groups is 1. The number of anilines is 3. The fourth-order valence-electron chi connectivity index (χ4n) is 5.26. The molecule has 1 amide bonds. The normalized spacial score (nSPS) is 13.5. The molecule has 0 unspecified atom stereocenters. The van der Waals surface area contributed by atoms with Crippen molar-refractivity contribution in [2.45, 2.75) is 25.9 Å². The molecule has 0 spiro atoms. The summed E-state index contributed by atoms with van der Waals surface area (Å²) in [5, 5.41) is 5.95. The summed E-state index contributed by atoms with van der Waals surface area (Å²) < 4.78 is 32.4. The van der Waals surface area contributed by atoms with E-state index in [1.165, 1.54) is 41.1 Å². The van der Waals surface area contributed by atoms with Crippen molar-refractivity contribution in [3.63, 3.8) is 0 Å². The van der Waals surface area contributed by atoms with Crippen molar-refractivity contribution in [3.8, 4) is 28.8 Å². The number of aromatic nitrogens is 3. The van der Waals surface area contributed by atoms with Gasteiger partial charge in [0, 0.05) is 54.7 Å². The molecule has 2 N–H and O–H groups in total. The highest BCUT2D eigenvalue weighted by atomic mass is 19.1. The molecule has 3 aromatic carbocycles. The minimum atomic E-state index is -0.652. The van der Waals surface area contributed by atoms with Crippen LogP contribution in [0, 0.1) is 5.82 Å². The molecule has 1 fully saturated rings. The fourth-order valence-corrected chi connectivity index (χ4v) is 5.26. The van der Waals surface area contributed by atoms with E-state index >= 15 is 0 Å². The first kappa shape index (κ1) is 32.2. The van der Waals surface area contributed by atoms with Crippen LogP contribution in [-0.4, -0.2) is 58.2 Å². The second-order valence-electron chi connectivity index (χ2n) is 11.2. The van der Waals surface area contributed by atoms with E-state index in [0.717, 1.165) is 37.4 Å². The summed E-state index contributed by atoms with van der Waals surface area (Å²) in [5.74, 6) is 0.981. The quantitative estimate of drug-likeness (QED) is 0.167. The molecule has 12 heteroatoms. The van der Waals surface area contributed by atoms with Gasteiger partial charge >= 0.3 is 0 Å². The van der Waals surface area contributed by atoms with Gasteiger partial charge in [-0.1, -0.05) is 6.07 Å². The van der Waals surface area contributed by atoms with Crippen LogP contribution in [0.5, 0.6) is 23.1 Å². The van der Waals surface area contributed by atoms with Gasteiger partial charge in [-0.3, -0.25) is 14.2 Å². The van der Waals surface area contributed by atoms with Crippen LogP contribution in [0.3, 0.4) is 0 Å². The second kappa shape index (κ2) is 14.8. The average molecular weight is 651 g/mol. The molecule has 1 saturated heterocycles. The molecule has 3 heterocycles. The lowest BCUT2D eigenvalue weighted by molar-refractivity contribution is 0.102. The van der Waals surface area contributed by atoms with Gasteiger partial charge in [0.05, 0.1) is 6.61 Å². The standard InChI is InChI=1S/C36H35FN6O5/c1-3-46-31-18-22-43(27-11-7-24(37)8-12-27)35(45)33(31)34(44)39-25-9-13-28(14-10-25)48-32-15-19-38-36(41-32)40-26-5-4-6-30(23-26)47-29-16-20-42(2)21-17-29/h4-15,18-19,22-23,29H,3,16-17,20-21H2,1-2H3,(H,39,44)(H,38,40,41). The van der Waals surface area contributed by atoms with Gasteiger partial charge in [-0.2, -0.15) is 4.98 Å². The average Bonchev–Trinajstić information content (AvgIpc) is 3.08. The molecule has 0 atom stereocenters. The van der Waals surface area contributed by atoms with Gasteiger partial charge in [-0.05, 0) is 93.5 Å². The third-order valence-corrected chi connectivity index (χ3v) is 7.71. The number of amides is 1. The van der Waals surface area contributed by atoms with E-state index in [2.05, 4.69) is 32.5 Å². The lowest BCUT2D eigenvalue weighted by atomic mass is 10.1. The highest BCUT2D eigenvalue weighted by Gasteiger charge is 2.21. The SMILES string of the molecule is CCOc1ccn(-c2ccc(F)cc2)c(=O)c1C(=O)Nc1ccc(Oc2ccnc(Nc3cccc(OC4CCN(C)CC4)c3)n2)cc1. The van der Waals surface area contributed by atoms with Crippen LogP contribution in [0.2, 0.25) is 0 Å². The van der Waals surface area contributed by atoms with Crippen LogP contribution in [0.1, 0.15) is 30.1 Å². The molecule has 0 radical (unpaired) electrons. The Labute approximate surface area is 276 Å². The number of piperidine rings is 1. The first-order valence-electron chi connectivity index (χ1n) is 15.6. The molecule has 5 aromatic rings. The molecule has 0 bridgehead atoms. The van der Waals surface area contributed by atoms with E-state index in [-0.39, 0.29) is 24.0 Å². The first-order chi connectivity index (χ1) is 23.3. The zero-order valence-electron chi connectivity index (χ0n) is 26.6. The zero-order valence-corrected chi connectivity index (χ0v) is 26.6. The third-order valence-electron chi connectivity index (χ3n) is 7.71. The first-order valence-corrected chi connectivity index (χ1v) is 15.6. The number of hydrogen-bond acceptors (Lipinski definition) is 9. The largest absolute Gasteiger partial charge is 0.493 e. The highest BCUT2D eigenvalue weighted by Crippen LogP contribution is 2.26. The van der Waals surface area contributed by atoms with Gasteiger partial charge in [-0.25, -0.2) is 9.37 Å². The van der Waals surface area contributed by atoms with Crippen LogP contribution in [0.15, 0.2) is 102 Å². The van der Waals surface area contributed by atoms with Crippen molar-refractivity contribution in [2.24, 2.45) is 0 Å². The van der Waals surface area contributed by atoms with E-state index < -0.39 is 17.3 Å². The fraction of sp³-hybridized carbons (Fsp3) is 0.222. The van der Waals surface area contributed by atoms with Gasteiger partial charge in [0.15, 0.2) is 0 Å². The summed E-state index contributed by atoms with van der Waals surface area (Å²) in [5.41, 5.74) is 0.846. The predicted octanol–water partition coefficient (Wildman–Crippen LogP) is 6.43. The van der Waals surface area contributed by atoms with Crippen LogP contribution < -0.4 is 30.4 Å². The van der Waals surface area contributed by atoms with E-state index in [4.69, 9.17) is 14.2 Å². The van der Waals surface area contributed by atoms with Crippen LogP contribution in [-0.2, 0) is 0 Å².